The first-order valence-corrected chi connectivity index (χ1v) is 6.86. The Hall–Kier alpha value is -0.943. The van der Waals surface area contributed by atoms with Gasteiger partial charge in [0.2, 0.25) is 0 Å². The van der Waals surface area contributed by atoms with Gasteiger partial charge < -0.3 is 0 Å². The smallest absolute Gasteiger partial charge is 0.267 e. The number of nitrogens with zero attached hydrogens (tertiary/aromatic N) is 2. The Balaban J connectivity index is 4.47. The molecule has 0 fully saturated rings. The summed E-state index contributed by atoms with van der Waals surface area (Å²) < 4.78 is 38.3. The van der Waals surface area contributed by atoms with Crippen LogP contribution >= 0.6 is 0 Å². The third kappa shape index (κ3) is 6.24. The van der Waals surface area contributed by atoms with E-state index in [-0.39, 0.29) is 0 Å². The summed E-state index contributed by atoms with van der Waals surface area (Å²) in [6.07, 6.45) is -4.93. The molecule has 74 valence electrons. The molecule has 0 spiro atoms. The molecule has 0 aliphatic carbocycles. The number of carbonyl (C=O) groups excluding carboxylic acids is 1. The molecule has 0 aliphatic heterocycles. The number of alkyl halides is 3. The summed E-state index contributed by atoms with van der Waals surface area (Å²) in [6.45, 7) is 5.36. The molecule has 0 aliphatic rings. The second-order valence-electron chi connectivity index (χ2n) is 3.30. The average molecular weight is 210 g/mol. The second-order valence-corrected chi connectivity index (χ2v) is 7.86. The maximum Gasteiger partial charge on any atom is 0.474 e. The zero-order valence-corrected chi connectivity index (χ0v) is 8.44. The fraction of sp³-hybridized carbons (Fsp3) is 0.667. The second kappa shape index (κ2) is 3.84. The summed E-state index contributed by atoms with van der Waals surface area (Å²) in [7, 11) is -1.88. The van der Waals surface area contributed by atoms with Crippen molar-refractivity contribution < 1.29 is 18.0 Å². The van der Waals surface area contributed by atoms with Crippen LogP contribution in [0.4, 0.5) is 13.2 Å². The quantitative estimate of drug-likeness (QED) is 0.482. The minimum Gasteiger partial charge on any atom is -0.267 e. The fourth-order valence-corrected chi connectivity index (χ4v) is 0.634. The number of halogens is 3. The first-order valence-electron chi connectivity index (χ1n) is 3.42. The van der Waals surface area contributed by atoms with Crippen LogP contribution in [0.2, 0.25) is 19.6 Å². The van der Waals surface area contributed by atoms with Crippen molar-refractivity contribution in [3.05, 3.63) is 0 Å². The third-order valence-corrected chi connectivity index (χ3v) is 1.55. The van der Waals surface area contributed by atoms with Crippen LogP contribution in [0.3, 0.4) is 0 Å². The topological polar surface area (TPSA) is 41.8 Å². The number of rotatable bonds is 1. The van der Waals surface area contributed by atoms with Crippen molar-refractivity contribution in [1.82, 2.24) is 0 Å². The molecule has 0 N–H and O–H groups in total. The van der Waals surface area contributed by atoms with Gasteiger partial charge in [0.1, 0.15) is 0 Å². The van der Waals surface area contributed by atoms with E-state index in [9.17, 15) is 18.0 Å². The average Bonchev–Trinajstić information content (AvgIpc) is 1.82. The predicted molar refractivity (Wildman–Crippen MR) is 44.3 cm³/mol. The van der Waals surface area contributed by atoms with Gasteiger partial charge in [0.05, 0.1) is 6.01 Å². The minimum absolute atomic E-state index is 1.77. The minimum atomic E-state index is -4.93. The van der Waals surface area contributed by atoms with Crippen molar-refractivity contribution in [2.75, 3.05) is 0 Å². The highest BCUT2D eigenvalue weighted by atomic mass is 28.3. The van der Waals surface area contributed by atoms with Crippen molar-refractivity contribution in [1.29, 1.82) is 0 Å². The SMILES string of the molecule is C[Si](C)(C)N=C=NC(=O)C(F)(F)F. The van der Waals surface area contributed by atoms with Gasteiger partial charge in [-0.2, -0.15) is 13.2 Å². The Morgan fingerprint density at radius 2 is 1.77 bits per heavy atom. The van der Waals surface area contributed by atoms with Gasteiger partial charge in [0.15, 0.2) is 8.24 Å². The van der Waals surface area contributed by atoms with Crippen LogP contribution in [-0.4, -0.2) is 26.3 Å². The summed E-state index contributed by atoms with van der Waals surface area (Å²) in [4.78, 5) is 12.7. The molecule has 0 saturated heterocycles. The van der Waals surface area contributed by atoms with Crippen LogP contribution < -0.4 is 0 Å². The van der Waals surface area contributed by atoms with E-state index in [1.807, 2.05) is 0 Å². The molecule has 0 heterocycles. The highest BCUT2D eigenvalue weighted by Crippen LogP contribution is 2.15. The molecule has 0 aromatic heterocycles. The zero-order valence-electron chi connectivity index (χ0n) is 7.44. The maximum absolute atomic E-state index is 11.6. The summed E-state index contributed by atoms with van der Waals surface area (Å²) in [5, 5.41) is 0. The van der Waals surface area contributed by atoms with E-state index in [1.54, 1.807) is 25.6 Å². The van der Waals surface area contributed by atoms with Crippen molar-refractivity contribution in [3.63, 3.8) is 0 Å². The normalized spacial score (nSPS) is 11.8. The molecule has 13 heavy (non-hydrogen) atoms. The highest BCUT2D eigenvalue weighted by Gasteiger charge is 2.38. The van der Waals surface area contributed by atoms with E-state index >= 15 is 0 Å². The molecular formula is C6H9F3N2OSi. The summed E-state index contributed by atoms with van der Waals surface area (Å²) in [5.41, 5.74) is 0. The highest BCUT2D eigenvalue weighted by molar-refractivity contribution is 6.75. The lowest BCUT2D eigenvalue weighted by Gasteiger charge is -2.03. The molecule has 0 aromatic carbocycles. The molecule has 0 saturated carbocycles. The molecule has 0 rings (SSSR count). The Morgan fingerprint density at radius 1 is 1.31 bits per heavy atom. The van der Waals surface area contributed by atoms with Gasteiger partial charge in [-0.1, -0.05) is 0 Å². The number of amides is 1. The molecule has 7 heteroatoms. The van der Waals surface area contributed by atoms with Crippen LogP contribution in [0, 0.1) is 0 Å². The van der Waals surface area contributed by atoms with Crippen LogP contribution in [-0.2, 0) is 4.79 Å². The number of carbonyl (C=O) groups is 1. The standard InChI is InChI=1S/C6H9F3N2OSi/c1-13(2,3)11-4-10-5(12)6(7,8)9/h1-3H3. The molecule has 0 atom stereocenters. The van der Waals surface area contributed by atoms with Crippen LogP contribution in [0.15, 0.2) is 9.65 Å². The van der Waals surface area contributed by atoms with Gasteiger partial charge in [0, 0.05) is 0 Å². The molecule has 0 radical (unpaired) electrons. The van der Waals surface area contributed by atoms with Gasteiger partial charge in [-0.15, -0.1) is 4.99 Å². The number of aliphatic imine (C=N–C) groups is 1. The Labute approximate surface area is 74.5 Å². The van der Waals surface area contributed by atoms with E-state index in [1.165, 1.54) is 0 Å². The lowest BCUT2D eigenvalue weighted by molar-refractivity contribution is -0.169. The van der Waals surface area contributed by atoms with E-state index in [0.29, 0.717) is 0 Å². The van der Waals surface area contributed by atoms with Crippen LogP contribution in [0.1, 0.15) is 0 Å². The molecule has 0 unspecified atom stereocenters. The van der Waals surface area contributed by atoms with Crippen molar-refractivity contribution in [2.45, 2.75) is 25.8 Å². The fourth-order valence-electron chi connectivity index (χ4n) is 0.284. The Kier molecular flexibility index (Phi) is 3.56. The molecule has 3 nitrogen and oxygen atoms in total. The lowest BCUT2D eigenvalue weighted by atomic mass is 10.6. The predicted octanol–water partition coefficient (Wildman–Crippen LogP) is 2.08. The summed E-state index contributed by atoms with van der Waals surface area (Å²) >= 11 is 0. The lowest BCUT2D eigenvalue weighted by Crippen LogP contribution is -2.20. The van der Waals surface area contributed by atoms with E-state index in [4.69, 9.17) is 0 Å². The number of hydrogen-bond acceptors (Lipinski definition) is 2. The van der Waals surface area contributed by atoms with Crippen LogP contribution in [0.5, 0.6) is 0 Å². The first-order chi connectivity index (χ1) is 5.63. The monoisotopic (exact) mass is 210 g/mol. The maximum atomic E-state index is 11.6. The third-order valence-electron chi connectivity index (χ3n) is 0.779. The molecule has 0 bridgehead atoms. The Morgan fingerprint density at radius 3 is 2.08 bits per heavy atom. The van der Waals surface area contributed by atoms with Gasteiger partial charge in [0.25, 0.3) is 0 Å². The van der Waals surface area contributed by atoms with Gasteiger partial charge >= 0.3 is 12.1 Å². The zero-order chi connectivity index (χ0) is 10.7. The molecule has 1 amide bonds. The van der Waals surface area contributed by atoms with E-state index in [2.05, 4.69) is 9.65 Å². The van der Waals surface area contributed by atoms with Crippen molar-refractivity contribution in [3.8, 4) is 0 Å². The van der Waals surface area contributed by atoms with Gasteiger partial charge in [-0.25, -0.2) is 0 Å². The Bertz CT molecular complexity index is 260. The van der Waals surface area contributed by atoms with Gasteiger partial charge in [-0.05, 0) is 19.6 Å². The number of hydrogen-bond donors (Lipinski definition) is 0. The summed E-state index contributed by atoms with van der Waals surface area (Å²) in [5.74, 6) is -2.17. The molecular weight excluding hydrogens is 201 g/mol. The van der Waals surface area contributed by atoms with Crippen LogP contribution in [0.25, 0.3) is 0 Å². The van der Waals surface area contributed by atoms with E-state index in [0.717, 1.165) is 0 Å². The molecule has 0 aromatic rings. The largest absolute Gasteiger partial charge is 0.474 e. The van der Waals surface area contributed by atoms with Crippen molar-refractivity contribution in [2.24, 2.45) is 9.65 Å². The van der Waals surface area contributed by atoms with Crippen molar-refractivity contribution >= 4 is 20.2 Å². The van der Waals surface area contributed by atoms with Gasteiger partial charge in [-0.3, -0.25) is 9.45 Å². The van der Waals surface area contributed by atoms with E-state index < -0.39 is 20.3 Å². The summed E-state index contributed by atoms with van der Waals surface area (Å²) in [6, 6.07) is 1.77. The first kappa shape index (κ1) is 12.1.